The first-order valence-electron chi connectivity index (χ1n) is 13.5. The highest BCUT2D eigenvalue weighted by atomic mass is 16.5. The van der Waals surface area contributed by atoms with Gasteiger partial charge in [0.05, 0.1) is 18.6 Å². The van der Waals surface area contributed by atoms with Crippen LogP contribution in [-0.4, -0.2) is 25.5 Å². The van der Waals surface area contributed by atoms with Crippen LogP contribution in [0.4, 0.5) is 5.69 Å². The minimum Gasteiger partial charge on any atom is -0.497 e. The third-order valence-electron chi connectivity index (χ3n) is 8.78. The number of ketones is 1. The second-order valence-electron chi connectivity index (χ2n) is 11.0. The largest absolute Gasteiger partial charge is 0.497 e. The van der Waals surface area contributed by atoms with Crippen molar-refractivity contribution < 1.29 is 9.53 Å². The maximum atomic E-state index is 14.7. The summed E-state index contributed by atoms with van der Waals surface area (Å²) < 4.78 is 5.44. The molecule has 1 aliphatic heterocycles. The molecular weight excluding hydrogens is 478 g/mol. The standard InChI is InChI=1S/C36H33NO2/c1-35(2)31-17-11-12-18-32(31)37(3)36(35)24-28(25-19-21-29(39-4)22-20-25)23-30(26-13-7-5-8-14-26)33(36)34(38)27-15-9-6-10-16-27/h5-24,33H,1-4H3/t33-,36-/m0/s1. The van der Waals surface area contributed by atoms with Crippen molar-refractivity contribution in [3.63, 3.8) is 0 Å². The van der Waals surface area contributed by atoms with Crippen LogP contribution in [-0.2, 0) is 5.41 Å². The number of carbonyl (C=O) groups excluding carboxylic acids is 1. The number of hydrogen-bond donors (Lipinski definition) is 0. The maximum Gasteiger partial charge on any atom is 0.173 e. The van der Waals surface area contributed by atoms with Gasteiger partial charge in [-0.05, 0) is 58.2 Å². The summed E-state index contributed by atoms with van der Waals surface area (Å²) in [4.78, 5) is 17.1. The third kappa shape index (κ3) is 3.76. The van der Waals surface area contributed by atoms with E-state index in [1.807, 2.05) is 48.5 Å². The molecule has 0 saturated carbocycles. The Morgan fingerprint density at radius 1 is 0.769 bits per heavy atom. The summed E-state index contributed by atoms with van der Waals surface area (Å²) in [7, 11) is 3.83. The van der Waals surface area contributed by atoms with Gasteiger partial charge in [0, 0.05) is 23.7 Å². The van der Waals surface area contributed by atoms with Gasteiger partial charge in [-0.25, -0.2) is 0 Å². The number of anilines is 1. The lowest BCUT2D eigenvalue weighted by Gasteiger charge is -2.52. The number of allylic oxidation sites excluding steroid dienone is 2. The van der Waals surface area contributed by atoms with Gasteiger partial charge in [-0.2, -0.15) is 0 Å². The Morgan fingerprint density at radius 3 is 2.03 bits per heavy atom. The van der Waals surface area contributed by atoms with E-state index >= 15 is 0 Å². The van der Waals surface area contributed by atoms with Crippen molar-refractivity contribution in [1.82, 2.24) is 0 Å². The van der Waals surface area contributed by atoms with E-state index in [-0.39, 0.29) is 11.2 Å². The molecule has 4 aromatic carbocycles. The van der Waals surface area contributed by atoms with E-state index in [2.05, 4.69) is 98.6 Å². The summed E-state index contributed by atoms with van der Waals surface area (Å²) in [6.45, 7) is 4.58. The molecule has 0 radical (unpaired) electrons. The maximum absolute atomic E-state index is 14.7. The number of methoxy groups -OCH3 is 1. The van der Waals surface area contributed by atoms with Gasteiger partial charge in [-0.1, -0.05) is 105 Å². The zero-order valence-electron chi connectivity index (χ0n) is 22.9. The Labute approximate surface area is 231 Å². The molecule has 2 atom stereocenters. The summed E-state index contributed by atoms with van der Waals surface area (Å²) in [6, 6.07) is 36.9. The average molecular weight is 512 g/mol. The van der Waals surface area contributed by atoms with Gasteiger partial charge in [0.15, 0.2) is 5.78 Å². The first-order chi connectivity index (χ1) is 18.9. The Morgan fingerprint density at radius 2 is 1.38 bits per heavy atom. The van der Waals surface area contributed by atoms with Crippen molar-refractivity contribution >= 4 is 22.6 Å². The summed E-state index contributed by atoms with van der Waals surface area (Å²) in [6.07, 6.45) is 4.58. The summed E-state index contributed by atoms with van der Waals surface area (Å²) >= 11 is 0. The van der Waals surface area contributed by atoms with Gasteiger partial charge >= 0.3 is 0 Å². The summed E-state index contributed by atoms with van der Waals surface area (Å²) in [5.74, 6) is 0.514. The lowest BCUT2D eigenvalue weighted by atomic mass is 9.57. The molecule has 0 aromatic heterocycles. The number of rotatable bonds is 5. The third-order valence-corrected chi connectivity index (χ3v) is 8.78. The number of ether oxygens (including phenoxy) is 1. The lowest BCUT2D eigenvalue weighted by Crippen LogP contribution is -2.61. The zero-order valence-corrected chi connectivity index (χ0v) is 22.9. The first kappa shape index (κ1) is 24.9. The Hall–Kier alpha value is -4.37. The molecule has 0 fully saturated rings. The molecule has 1 spiro atoms. The molecule has 194 valence electrons. The van der Waals surface area contributed by atoms with Gasteiger partial charge in [-0.3, -0.25) is 4.79 Å². The number of fused-ring (bicyclic) bond motifs is 1. The quantitative estimate of drug-likeness (QED) is 0.256. The topological polar surface area (TPSA) is 29.5 Å². The number of para-hydroxylation sites is 1. The molecule has 0 bridgehead atoms. The van der Waals surface area contributed by atoms with Crippen molar-refractivity contribution in [2.75, 3.05) is 19.1 Å². The summed E-state index contributed by atoms with van der Waals surface area (Å²) in [5.41, 5.74) is 6.39. The van der Waals surface area contributed by atoms with E-state index in [0.29, 0.717) is 0 Å². The Balaban J connectivity index is 1.67. The highest BCUT2D eigenvalue weighted by Gasteiger charge is 2.62. The van der Waals surface area contributed by atoms with Crippen molar-refractivity contribution in [1.29, 1.82) is 0 Å². The second kappa shape index (κ2) is 9.43. The van der Waals surface area contributed by atoms with E-state index < -0.39 is 11.5 Å². The number of carbonyl (C=O) groups is 1. The second-order valence-corrected chi connectivity index (χ2v) is 11.0. The van der Waals surface area contributed by atoms with Crippen LogP contribution in [0.2, 0.25) is 0 Å². The smallest absolute Gasteiger partial charge is 0.173 e. The predicted molar refractivity (Wildman–Crippen MR) is 160 cm³/mol. The highest BCUT2D eigenvalue weighted by molar-refractivity contribution is 6.10. The molecule has 0 saturated heterocycles. The summed E-state index contributed by atoms with van der Waals surface area (Å²) in [5, 5.41) is 0. The molecule has 39 heavy (non-hydrogen) atoms. The molecule has 3 heteroatoms. The number of benzene rings is 4. The van der Waals surface area contributed by atoms with Crippen LogP contribution >= 0.6 is 0 Å². The number of nitrogens with zero attached hydrogens (tertiary/aromatic N) is 1. The van der Waals surface area contributed by atoms with Crippen LogP contribution in [0.25, 0.3) is 11.1 Å². The molecule has 6 rings (SSSR count). The number of Topliss-reactive ketones (excluding diaryl/α,β-unsaturated/α-hetero) is 1. The number of likely N-dealkylation sites (N-methyl/N-ethyl adjacent to an activating group) is 1. The molecule has 0 amide bonds. The van der Waals surface area contributed by atoms with E-state index in [4.69, 9.17) is 4.74 Å². The minimum absolute atomic E-state index is 0.128. The van der Waals surface area contributed by atoms with Gasteiger partial charge in [-0.15, -0.1) is 0 Å². The SMILES string of the molecule is COc1ccc(C2=C[C@@]3([C@H](C(=O)c4ccccc4)C(c4ccccc4)=C2)N(C)c2ccccc2C3(C)C)cc1. The van der Waals surface area contributed by atoms with Crippen molar-refractivity contribution in [3.8, 4) is 5.75 Å². The van der Waals surface area contributed by atoms with Gasteiger partial charge in [0.2, 0.25) is 0 Å². The Kier molecular flexibility index (Phi) is 6.03. The lowest BCUT2D eigenvalue weighted by molar-refractivity contribution is 0.0885. The minimum atomic E-state index is -0.654. The van der Waals surface area contributed by atoms with Crippen LogP contribution in [0.5, 0.6) is 5.75 Å². The first-order valence-corrected chi connectivity index (χ1v) is 13.5. The fourth-order valence-corrected chi connectivity index (χ4v) is 6.75. The van der Waals surface area contributed by atoms with Crippen LogP contribution in [0, 0.1) is 5.92 Å². The highest BCUT2D eigenvalue weighted by Crippen LogP contribution is 2.60. The predicted octanol–water partition coefficient (Wildman–Crippen LogP) is 7.84. The molecule has 2 aliphatic rings. The normalized spacial score (nSPS) is 21.2. The van der Waals surface area contributed by atoms with E-state index in [1.165, 1.54) is 5.56 Å². The van der Waals surface area contributed by atoms with Crippen LogP contribution in [0.3, 0.4) is 0 Å². The van der Waals surface area contributed by atoms with Gasteiger partial charge in [0.25, 0.3) is 0 Å². The van der Waals surface area contributed by atoms with Crippen molar-refractivity contribution in [3.05, 3.63) is 144 Å². The molecule has 3 nitrogen and oxygen atoms in total. The van der Waals surface area contributed by atoms with Gasteiger partial charge < -0.3 is 9.64 Å². The van der Waals surface area contributed by atoms with E-state index in [1.54, 1.807) is 7.11 Å². The van der Waals surface area contributed by atoms with Crippen molar-refractivity contribution in [2.24, 2.45) is 5.92 Å². The van der Waals surface area contributed by atoms with Crippen LogP contribution < -0.4 is 9.64 Å². The van der Waals surface area contributed by atoms with Crippen LogP contribution in [0.1, 0.15) is 40.9 Å². The molecule has 0 unspecified atom stereocenters. The molecule has 1 aliphatic carbocycles. The fourth-order valence-electron chi connectivity index (χ4n) is 6.75. The molecular formula is C36H33NO2. The Bertz CT molecular complexity index is 1580. The molecule has 4 aromatic rings. The number of hydrogen-bond acceptors (Lipinski definition) is 3. The zero-order chi connectivity index (χ0) is 27.2. The molecule has 1 heterocycles. The van der Waals surface area contributed by atoms with E-state index in [0.717, 1.165) is 39.3 Å². The monoisotopic (exact) mass is 511 g/mol. The van der Waals surface area contributed by atoms with Crippen molar-refractivity contribution in [2.45, 2.75) is 24.8 Å². The fraction of sp³-hybridized carbons (Fsp3) is 0.194. The average Bonchev–Trinajstić information content (AvgIpc) is 3.15. The van der Waals surface area contributed by atoms with Crippen LogP contribution in [0.15, 0.2) is 121 Å². The molecule has 0 N–H and O–H groups in total. The van der Waals surface area contributed by atoms with E-state index in [9.17, 15) is 4.79 Å². The van der Waals surface area contributed by atoms with Gasteiger partial charge in [0.1, 0.15) is 5.75 Å².